The number of aliphatic hydroxyl groups is 1. The lowest BCUT2D eigenvalue weighted by Gasteiger charge is -2.13. The Balaban J connectivity index is 1.99. The summed E-state index contributed by atoms with van der Waals surface area (Å²) in [4.78, 5) is 0. The van der Waals surface area contributed by atoms with Gasteiger partial charge in [-0.3, -0.25) is 0 Å². The van der Waals surface area contributed by atoms with Crippen molar-refractivity contribution in [1.82, 2.24) is 0 Å². The van der Waals surface area contributed by atoms with E-state index in [0.717, 1.165) is 11.3 Å². The molecule has 3 nitrogen and oxygen atoms in total. The summed E-state index contributed by atoms with van der Waals surface area (Å²) in [6.45, 7) is 0.337. The normalized spacial score (nSPS) is 11.7. The van der Waals surface area contributed by atoms with E-state index in [2.05, 4.69) is 5.32 Å². The highest BCUT2D eigenvalue weighted by atomic mass is 35.5. The number of hydrogen-bond acceptors (Lipinski definition) is 3. The molecule has 1 atom stereocenters. The van der Waals surface area contributed by atoms with Gasteiger partial charge in [0.25, 0.3) is 0 Å². The van der Waals surface area contributed by atoms with E-state index in [9.17, 15) is 5.11 Å². The molecule has 0 radical (unpaired) electrons. The molecule has 0 saturated carbocycles. The van der Waals surface area contributed by atoms with Gasteiger partial charge in [0.2, 0.25) is 0 Å². The first-order valence-corrected chi connectivity index (χ1v) is 6.73. The Morgan fingerprint density at radius 2 is 1.80 bits per heavy atom. The third kappa shape index (κ3) is 3.64. The van der Waals surface area contributed by atoms with Crippen LogP contribution in [0.1, 0.15) is 17.2 Å². The van der Waals surface area contributed by atoms with Crippen molar-refractivity contribution in [2.45, 2.75) is 6.10 Å². The number of nitrogens with zero attached hydrogens (tertiary/aromatic N) is 1. The molecule has 0 saturated heterocycles. The number of rotatable bonds is 4. The molecule has 0 amide bonds. The Kier molecular flexibility index (Phi) is 4.86. The molecule has 0 aromatic heterocycles. The van der Waals surface area contributed by atoms with Crippen LogP contribution in [0.4, 0.5) is 5.69 Å². The summed E-state index contributed by atoms with van der Waals surface area (Å²) in [5.41, 5.74) is 2.10. The predicted molar refractivity (Wildman–Crippen MR) is 81.1 cm³/mol. The number of anilines is 1. The van der Waals surface area contributed by atoms with Crippen LogP contribution >= 0.6 is 23.2 Å². The number of hydrogen-bond donors (Lipinski definition) is 2. The number of halogens is 2. The first-order chi connectivity index (χ1) is 9.60. The molecular weight excluding hydrogens is 295 g/mol. The molecule has 0 aliphatic carbocycles. The second-order valence-electron chi connectivity index (χ2n) is 4.26. The molecule has 0 aliphatic heterocycles. The average molecular weight is 307 g/mol. The van der Waals surface area contributed by atoms with Crippen LogP contribution in [-0.2, 0) is 0 Å². The molecule has 2 rings (SSSR count). The number of benzene rings is 2. The quantitative estimate of drug-likeness (QED) is 0.897. The molecule has 2 N–H and O–H groups in total. The van der Waals surface area contributed by atoms with Crippen LogP contribution in [0.5, 0.6) is 0 Å². The highest BCUT2D eigenvalue weighted by Crippen LogP contribution is 2.25. The van der Waals surface area contributed by atoms with Crippen LogP contribution in [0.25, 0.3) is 0 Å². The van der Waals surface area contributed by atoms with E-state index in [0.29, 0.717) is 22.2 Å². The van der Waals surface area contributed by atoms with Gasteiger partial charge in [0, 0.05) is 12.2 Å². The topological polar surface area (TPSA) is 56.0 Å². The van der Waals surface area contributed by atoms with E-state index >= 15 is 0 Å². The van der Waals surface area contributed by atoms with Gasteiger partial charge in [0.1, 0.15) is 0 Å². The van der Waals surface area contributed by atoms with E-state index in [1.165, 1.54) is 0 Å². The second-order valence-corrected chi connectivity index (χ2v) is 5.07. The van der Waals surface area contributed by atoms with E-state index in [1.54, 1.807) is 42.5 Å². The molecule has 0 aliphatic rings. The molecule has 5 heteroatoms. The smallest absolute Gasteiger partial charge is 0.0991 e. The Bertz CT molecular complexity index is 635. The van der Waals surface area contributed by atoms with Crippen molar-refractivity contribution in [1.29, 1.82) is 5.26 Å². The molecule has 0 spiro atoms. The maximum absolute atomic E-state index is 10.1. The molecule has 2 aromatic rings. The fraction of sp³-hybridized carbons (Fsp3) is 0.133. The lowest BCUT2D eigenvalue weighted by atomic mass is 10.1. The Hall–Kier alpha value is -1.73. The molecule has 102 valence electrons. The third-order valence-electron chi connectivity index (χ3n) is 2.84. The van der Waals surface area contributed by atoms with Crippen molar-refractivity contribution >= 4 is 28.9 Å². The zero-order valence-corrected chi connectivity index (χ0v) is 12.0. The van der Waals surface area contributed by atoms with E-state index in [-0.39, 0.29) is 0 Å². The standard InChI is InChI=1S/C15H12Cl2N2O/c16-13-6-5-12(7-14(13)17)19-9-15(20)11-3-1-10(8-18)2-4-11/h1-7,15,19-20H,9H2. The molecule has 1 unspecified atom stereocenters. The van der Waals surface area contributed by atoms with Crippen LogP contribution in [0.3, 0.4) is 0 Å². The summed E-state index contributed by atoms with van der Waals surface area (Å²) in [5.74, 6) is 0. The van der Waals surface area contributed by atoms with Gasteiger partial charge in [-0.25, -0.2) is 0 Å². The van der Waals surface area contributed by atoms with E-state index in [4.69, 9.17) is 28.5 Å². The molecular formula is C15H12Cl2N2O. The largest absolute Gasteiger partial charge is 0.387 e. The predicted octanol–water partition coefficient (Wildman–Crippen LogP) is 4.01. The van der Waals surface area contributed by atoms with Crippen molar-refractivity contribution in [2.75, 3.05) is 11.9 Å². The van der Waals surface area contributed by atoms with Crippen molar-refractivity contribution in [2.24, 2.45) is 0 Å². The van der Waals surface area contributed by atoms with Crippen molar-refractivity contribution in [3.05, 3.63) is 63.6 Å². The highest BCUT2D eigenvalue weighted by Gasteiger charge is 2.07. The summed E-state index contributed by atoms with van der Waals surface area (Å²) in [5, 5.41) is 22.8. The van der Waals surface area contributed by atoms with Gasteiger partial charge < -0.3 is 10.4 Å². The van der Waals surface area contributed by atoms with Crippen molar-refractivity contribution < 1.29 is 5.11 Å². The minimum atomic E-state index is -0.669. The minimum Gasteiger partial charge on any atom is -0.387 e. The van der Waals surface area contributed by atoms with Gasteiger partial charge >= 0.3 is 0 Å². The summed E-state index contributed by atoms with van der Waals surface area (Å²) < 4.78 is 0. The average Bonchev–Trinajstić information content (AvgIpc) is 2.48. The number of nitriles is 1. The van der Waals surface area contributed by atoms with Crippen LogP contribution in [0, 0.1) is 11.3 Å². The SMILES string of the molecule is N#Cc1ccc(C(O)CNc2ccc(Cl)c(Cl)c2)cc1. The fourth-order valence-corrected chi connectivity index (χ4v) is 2.02. The van der Waals surface area contributed by atoms with Gasteiger partial charge in [-0.1, -0.05) is 35.3 Å². The molecule has 20 heavy (non-hydrogen) atoms. The lowest BCUT2D eigenvalue weighted by Crippen LogP contribution is -2.12. The van der Waals surface area contributed by atoms with Crippen molar-refractivity contribution in [3.8, 4) is 6.07 Å². The van der Waals surface area contributed by atoms with Gasteiger partial charge in [-0.05, 0) is 35.9 Å². The maximum Gasteiger partial charge on any atom is 0.0991 e. The lowest BCUT2D eigenvalue weighted by molar-refractivity contribution is 0.191. The van der Waals surface area contributed by atoms with E-state index in [1.807, 2.05) is 6.07 Å². The molecule has 0 heterocycles. The first kappa shape index (κ1) is 14.7. The zero-order valence-electron chi connectivity index (χ0n) is 10.5. The summed E-state index contributed by atoms with van der Waals surface area (Å²) >= 11 is 11.7. The minimum absolute atomic E-state index is 0.337. The van der Waals surface area contributed by atoms with Crippen LogP contribution < -0.4 is 5.32 Å². The Morgan fingerprint density at radius 1 is 1.10 bits per heavy atom. The molecule has 0 fully saturated rings. The fourth-order valence-electron chi connectivity index (χ4n) is 1.72. The summed E-state index contributed by atoms with van der Waals surface area (Å²) in [6, 6.07) is 14.1. The van der Waals surface area contributed by atoms with Crippen molar-refractivity contribution in [3.63, 3.8) is 0 Å². The second kappa shape index (κ2) is 6.62. The van der Waals surface area contributed by atoms with Crippen LogP contribution in [0.15, 0.2) is 42.5 Å². The molecule has 0 bridgehead atoms. The Morgan fingerprint density at radius 3 is 2.40 bits per heavy atom. The van der Waals surface area contributed by atoms with Crippen LogP contribution in [-0.4, -0.2) is 11.7 Å². The first-order valence-electron chi connectivity index (χ1n) is 5.97. The third-order valence-corrected chi connectivity index (χ3v) is 3.58. The van der Waals surface area contributed by atoms with Gasteiger partial charge in [-0.2, -0.15) is 5.26 Å². The number of nitrogens with one attached hydrogen (secondary N) is 1. The van der Waals surface area contributed by atoms with Gasteiger partial charge in [0.05, 0.1) is 27.8 Å². The van der Waals surface area contributed by atoms with Gasteiger partial charge in [0.15, 0.2) is 0 Å². The number of aliphatic hydroxyl groups excluding tert-OH is 1. The highest BCUT2D eigenvalue weighted by molar-refractivity contribution is 6.42. The molecule has 2 aromatic carbocycles. The summed E-state index contributed by atoms with van der Waals surface area (Å²) in [6.07, 6.45) is -0.669. The Labute approximate surface area is 127 Å². The maximum atomic E-state index is 10.1. The summed E-state index contributed by atoms with van der Waals surface area (Å²) in [7, 11) is 0. The monoisotopic (exact) mass is 306 g/mol. The van der Waals surface area contributed by atoms with Crippen LogP contribution in [0.2, 0.25) is 10.0 Å². The van der Waals surface area contributed by atoms with E-state index < -0.39 is 6.10 Å². The zero-order chi connectivity index (χ0) is 14.5. The van der Waals surface area contributed by atoms with Gasteiger partial charge in [-0.15, -0.1) is 0 Å².